The average Bonchev–Trinajstić information content (AvgIpc) is 3.55. The van der Waals surface area contributed by atoms with Gasteiger partial charge >= 0.3 is 0 Å². The number of phenolic OH excluding ortho intramolecular Hbond substituents is 1. The second-order valence-electron chi connectivity index (χ2n) is 16.7. The van der Waals surface area contributed by atoms with Crippen LogP contribution >= 0.6 is 0 Å². The van der Waals surface area contributed by atoms with Gasteiger partial charge in [0.1, 0.15) is 11.6 Å². The number of ether oxygens (including phenoxy) is 1. The van der Waals surface area contributed by atoms with E-state index in [4.69, 9.17) is 21.9 Å². The highest BCUT2D eigenvalue weighted by Crippen LogP contribution is 2.40. The molecule has 3 saturated heterocycles. The van der Waals surface area contributed by atoms with Crippen LogP contribution < -0.4 is 27.4 Å². The zero-order valence-corrected chi connectivity index (χ0v) is 36.8. The number of carbonyl (C=O) groups excluding carboxylic acids is 3. The Balaban J connectivity index is 0.000000268. The van der Waals surface area contributed by atoms with E-state index in [2.05, 4.69) is 34.8 Å². The van der Waals surface area contributed by atoms with Gasteiger partial charge in [-0.2, -0.15) is 0 Å². The van der Waals surface area contributed by atoms with Crippen molar-refractivity contribution in [2.24, 2.45) is 30.2 Å². The molecule has 1 aromatic heterocycles. The summed E-state index contributed by atoms with van der Waals surface area (Å²) in [4.78, 5) is 45.2. The highest BCUT2D eigenvalue weighted by molar-refractivity contribution is 6.00. The highest BCUT2D eigenvalue weighted by atomic mass is 16.5. The molecule has 332 valence electrons. The summed E-state index contributed by atoms with van der Waals surface area (Å²) in [5, 5.41) is 13.7. The number of nitrogens with one attached hydrogen (secondary N) is 1. The van der Waals surface area contributed by atoms with Crippen LogP contribution in [-0.2, 0) is 21.4 Å². The van der Waals surface area contributed by atoms with Crippen molar-refractivity contribution in [1.29, 1.82) is 0 Å². The fourth-order valence-electron chi connectivity index (χ4n) is 9.12. The van der Waals surface area contributed by atoms with E-state index in [0.717, 1.165) is 87.1 Å². The molecular weight excluding hydrogens is 783 g/mol. The first-order chi connectivity index (χ1) is 29.9. The van der Waals surface area contributed by atoms with Crippen LogP contribution in [0.5, 0.6) is 5.75 Å². The van der Waals surface area contributed by atoms with Gasteiger partial charge in [0.2, 0.25) is 12.3 Å². The van der Waals surface area contributed by atoms with Crippen LogP contribution in [0.4, 0.5) is 5.69 Å². The predicted molar refractivity (Wildman–Crippen MR) is 246 cm³/mol. The summed E-state index contributed by atoms with van der Waals surface area (Å²) in [5.41, 5.74) is 25.6. The van der Waals surface area contributed by atoms with Crippen LogP contribution in [0.1, 0.15) is 70.8 Å². The molecule has 14 nitrogen and oxygen atoms in total. The van der Waals surface area contributed by atoms with Gasteiger partial charge in [0.05, 0.1) is 30.1 Å². The molecule has 0 radical (unpaired) electrons. The molecular formula is C48H65N9O5. The van der Waals surface area contributed by atoms with Gasteiger partial charge in [0.15, 0.2) is 0 Å². The molecule has 8 N–H and O–H groups in total. The van der Waals surface area contributed by atoms with Crippen LogP contribution in [0.15, 0.2) is 84.3 Å². The molecule has 3 fully saturated rings. The van der Waals surface area contributed by atoms with Gasteiger partial charge in [-0.3, -0.25) is 14.4 Å². The van der Waals surface area contributed by atoms with E-state index in [0.29, 0.717) is 61.6 Å². The quantitative estimate of drug-likeness (QED) is 0.0985. The Bertz CT molecular complexity index is 2240. The lowest BCUT2D eigenvalue weighted by atomic mass is 9.86. The fourth-order valence-corrected chi connectivity index (χ4v) is 9.12. The van der Waals surface area contributed by atoms with E-state index in [9.17, 15) is 19.5 Å². The topological polar surface area (TPSA) is 189 Å². The SMILES string of the molecule is CNC(=O)CCN(C=O)c1cccc2c(C3CCN(CC4CCN(C(=O)c5cccc(C)c5)CC4)CC3)c(C)n(C)c12.NC(N)=C(/C=C(\N)c1ccccc1O)N1CCOCC1. The first-order valence-corrected chi connectivity index (χ1v) is 21.8. The number of para-hydroxylation sites is 2. The number of hydrogen-bond donors (Lipinski definition) is 5. The summed E-state index contributed by atoms with van der Waals surface area (Å²) in [6, 6.07) is 21.0. The minimum atomic E-state index is -0.0779. The zero-order valence-electron chi connectivity index (χ0n) is 36.8. The number of likely N-dealkylation sites (tertiary alicyclic amines) is 2. The van der Waals surface area contributed by atoms with Crippen molar-refractivity contribution in [3.63, 3.8) is 0 Å². The first-order valence-electron chi connectivity index (χ1n) is 21.8. The third kappa shape index (κ3) is 10.9. The van der Waals surface area contributed by atoms with E-state index in [1.165, 1.54) is 16.6 Å². The number of aromatic nitrogens is 1. The van der Waals surface area contributed by atoms with Gasteiger partial charge in [0.25, 0.3) is 5.91 Å². The number of phenols is 1. The van der Waals surface area contributed by atoms with Crippen molar-refractivity contribution in [3.05, 3.63) is 112 Å². The monoisotopic (exact) mass is 848 g/mol. The summed E-state index contributed by atoms with van der Waals surface area (Å²) in [5.74, 6) is 1.52. The Morgan fingerprint density at radius 1 is 0.887 bits per heavy atom. The van der Waals surface area contributed by atoms with E-state index >= 15 is 0 Å². The number of nitrogens with zero attached hydrogens (tertiary/aromatic N) is 5. The van der Waals surface area contributed by atoms with E-state index in [1.54, 1.807) is 42.3 Å². The number of carbonyl (C=O) groups is 3. The number of fused-ring (bicyclic) bond motifs is 1. The Morgan fingerprint density at radius 2 is 1.58 bits per heavy atom. The molecule has 0 spiro atoms. The normalized spacial score (nSPS) is 16.7. The molecule has 0 atom stereocenters. The maximum Gasteiger partial charge on any atom is 0.253 e. The molecule has 3 aliphatic rings. The molecule has 3 aromatic carbocycles. The number of aromatic hydroxyl groups is 1. The highest BCUT2D eigenvalue weighted by Gasteiger charge is 2.30. The third-order valence-electron chi connectivity index (χ3n) is 12.7. The molecule has 0 saturated carbocycles. The molecule has 4 heterocycles. The van der Waals surface area contributed by atoms with Crippen molar-refractivity contribution in [3.8, 4) is 5.75 Å². The van der Waals surface area contributed by atoms with Crippen molar-refractivity contribution in [1.82, 2.24) is 24.6 Å². The number of nitrogens with two attached hydrogens (primary N) is 3. The van der Waals surface area contributed by atoms with Crippen LogP contribution in [-0.4, -0.2) is 115 Å². The lowest BCUT2D eigenvalue weighted by Gasteiger charge is -2.38. The predicted octanol–water partition coefficient (Wildman–Crippen LogP) is 4.74. The van der Waals surface area contributed by atoms with Crippen molar-refractivity contribution in [2.45, 2.75) is 51.9 Å². The number of aryl methyl sites for hydroxylation is 2. The Labute approximate surface area is 365 Å². The smallest absolute Gasteiger partial charge is 0.253 e. The molecule has 0 aliphatic carbocycles. The van der Waals surface area contributed by atoms with Gasteiger partial charge in [-0.15, -0.1) is 0 Å². The molecule has 3 aliphatic heterocycles. The first kappa shape index (κ1) is 45.5. The minimum Gasteiger partial charge on any atom is -0.507 e. The zero-order chi connectivity index (χ0) is 44.3. The molecule has 14 heteroatoms. The van der Waals surface area contributed by atoms with Gasteiger partial charge in [-0.05, 0) is 106 Å². The Hall–Kier alpha value is -5.99. The molecule has 0 bridgehead atoms. The Kier molecular flexibility index (Phi) is 15.6. The van der Waals surface area contributed by atoms with Gasteiger partial charge in [-0.25, -0.2) is 0 Å². The van der Waals surface area contributed by atoms with Gasteiger partial charge < -0.3 is 56.5 Å². The average molecular weight is 848 g/mol. The summed E-state index contributed by atoms with van der Waals surface area (Å²) in [6.45, 7) is 12.2. The van der Waals surface area contributed by atoms with E-state index < -0.39 is 0 Å². The van der Waals surface area contributed by atoms with Crippen LogP contribution in [0, 0.1) is 19.8 Å². The third-order valence-corrected chi connectivity index (χ3v) is 12.7. The number of benzene rings is 3. The second kappa shape index (κ2) is 21.2. The van der Waals surface area contributed by atoms with Gasteiger partial charge in [0, 0.05) is 87.7 Å². The summed E-state index contributed by atoms with van der Waals surface area (Å²) >= 11 is 0. The van der Waals surface area contributed by atoms with Crippen molar-refractivity contribution >= 4 is 40.5 Å². The molecule has 4 aromatic rings. The van der Waals surface area contributed by atoms with Crippen LogP contribution in [0.25, 0.3) is 16.6 Å². The number of rotatable bonds is 12. The number of hydrogen-bond acceptors (Lipinski definition) is 10. The Morgan fingerprint density at radius 3 is 2.23 bits per heavy atom. The number of piperidine rings is 2. The van der Waals surface area contributed by atoms with E-state index in [-0.39, 0.29) is 29.8 Å². The van der Waals surface area contributed by atoms with Crippen molar-refractivity contribution in [2.75, 3.05) is 77.5 Å². The number of amides is 3. The van der Waals surface area contributed by atoms with Crippen LogP contribution in [0.3, 0.4) is 0 Å². The summed E-state index contributed by atoms with van der Waals surface area (Å²) in [7, 11) is 3.70. The molecule has 7 rings (SSSR count). The standard InChI is InChI=1S/C34H45N5O3.C14H20N4O2/c1-24-7-5-8-28(21-24)34(42)38-18-11-26(12-19-38)22-37-16-13-27(14-17-37)32-25(2)36(4)33-29(32)9-6-10-30(33)39(23-40)20-15-31(41)35-3;15-11(10-3-1-2-4-13(10)19)9-12(14(16)17)18-5-7-20-8-6-18/h5-10,21,23,26-27H,11-20,22H2,1-4H3,(H,35,41);1-4,9,19H,5-8,15-17H2/b;11-9-. The summed E-state index contributed by atoms with van der Waals surface area (Å²) in [6.07, 6.45) is 7.15. The lowest BCUT2D eigenvalue weighted by molar-refractivity contribution is -0.120. The fraction of sp³-hybridized carbons (Fsp3) is 0.438. The number of anilines is 1. The van der Waals surface area contributed by atoms with Crippen LogP contribution in [0.2, 0.25) is 0 Å². The van der Waals surface area contributed by atoms with Crippen molar-refractivity contribution < 1.29 is 24.2 Å². The second-order valence-corrected chi connectivity index (χ2v) is 16.7. The largest absolute Gasteiger partial charge is 0.507 e. The lowest BCUT2D eigenvalue weighted by Crippen LogP contribution is -2.43. The van der Waals surface area contributed by atoms with E-state index in [1.807, 2.05) is 53.1 Å². The summed E-state index contributed by atoms with van der Waals surface area (Å²) < 4.78 is 7.52. The van der Waals surface area contributed by atoms with Gasteiger partial charge in [-0.1, -0.05) is 42.0 Å². The number of morpholine rings is 1. The number of allylic oxidation sites excluding steroid dienone is 1. The molecule has 62 heavy (non-hydrogen) atoms. The minimum absolute atomic E-state index is 0.0779. The maximum absolute atomic E-state index is 13.0. The molecule has 3 amide bonds. The maximum atomic E-state index is 13.0. The molecule has 0 unspecified atom stereocenters.